The molecule has 0 aromatic heterocycles. The van der Waals surface area contributed by atoms with Crippen molar-refractivity contribution in [3.63, 3.8) is 0 Å². The van der Waals surface area contributed by atoms with Crippen molar-refractivity contribution in [1.29, 1.82) is 0 Å². The summed E-state index contributed by atoms with van der Waals surface area (Å²) >= 11 is 0. The average Bonchev–Trinajstić information content (AvgIpc) is 2.34. The van der Waals surface area contributed by atoms with Crippen LogP contribution in [0.15, 0.2) is 24.3 Å². The zero-order valence-electron chi connectivity index (χ0n) is 12.3. The lowest BCUT2D eigenvalue weighted by Gasteiger charge is -2.38. The van der Waals surface area contributed by atoms with E-state index in [1.165, 1.54) is 36.8 Å². The van der Waals surface area contributed by atoms with Crippen molar-refractivity contribution >= 4 is 0 Å². The minimum atomic E-state index is 0.336. The molecule has 1 aromatic carbocycles. The molecular weight excluding hydrogens is 218 g/mol. The zero-order chi connectivity index (χ0) is 13.2. The summed E-state index contributed by atoms with van der Waals surface area (Å²) in [7, 11) is 0. The Morgan fingerprint density at radius 2 is 2.06 bits per heavy atom. The van der Waals surface area contributed by atoms with Crippen LogP contribution in [0.25, 0.3) is 0 Å². The summed E-state index contributed by atoms with van der Waals surface area (Å²) in [5, 5.41) is 3.81. The summed E-state index contributed by atoms with van der Waals surface area (Å²) in [6, 6.07) is 10.2. The van der Waals surface area contributed by atoms with Crippen LogP contribution in [0.1, 0.15) is 70.5 Å². The van der Waals surface area contributed by atoms with Crippen LogP contribution in [0.4, 0.5) is 0 Å². The Labute approximate surface area is 112 Å². The van der Waals surface area contributed by atoms with Gasteiger partial charge in [-0.1, -0.05) is 51.5 Å². The predicted molar refractivity (Wildman–Crippen MR) is 78.9 cm³/mol. The number of fused-ring (bicyclic) bond motifs is 1. The smallest absolute Gasteiger partial charge is 0.0325 e. The van der Waals surface area contributed by atoms with Gasteiger partial charge in [0.1, 0.15) is 0 Å². The summed E-state index contributed by atoms with van der Waals surface area (Å²) in [5.74, 6) is 0. The molecule has 1 aromatic rings. The molecular formula is C17H27N. The average molecular weight is 245 g/mol. The highest BCUT2D eigenvalue weighted by molar-refractivity contribution is 5.38. The topological polar surface area (TPSA) is 12.0 Å². The van der Waals surface area contributed by atoms with Crippen molar-refractivity contribution < 1.29 is 0 Å². The second kappa shape index (κ2) is 5.44. The van der Waals surface area contributed by atoms with E-state index < -0.39 is 0 Å². The normalized spacial score (nSPS) is 23.4. The van der Waals surface area contributed by atoms with Gasteiger partial charge < -0.3 is 5.32 Å². The SMILES string of the molecule is CCCC(C)NC1CCC(C)(C)c2ccccc21. The Morgan fingerprint density at radius 1 is 1.33 bits per heavy atom. The molecule has 1 aliphatic carbocycles. The van der Waals surface area contributed by atoms with Crippen LogP contribution in [0.3, 0.4) is 0 Å². The molecule has 0 radical (unpaired) electrons. The monoisotopic (exact) mass is 245 g/mol. The van der Waals surface area contributed by atoms with E-state index in [1.54, 1.807) is 0 Å². The summed E-state index contributed by atoms with van der Waals surface area (Å²) in [4.78, 5) is 0. The zero-order valence-corrected chi connectivity index (χ0v) is 12.3. The molecule has 2 rings (SSSR count). The van der Waals surface area contributed by atoms with Crippen molar-refractivity contribution in [2.45, 2.75) is 70.9 Å². The molecule has 0 heterocycles. The fourth-order valence-electron chi connectivity index (χ4n) is 3.25. The maximum Gasteiger partial charge on any atom is 0.0325 e. The summed E-state index contributed by atoms with van der Waals surface area (Å²) in [6.07, 6.45) is 5.06. The summed E-state index contributed by atoms with van der Waals surface area (Å²) in [6.45, 7) is 9.32. The fourth-order valence-corrected chi connectivity index (χ4v) is 3.25. The fraction of sp³-hybridized carbons (Fsp3) is 0.647. The van der Waals surface area contributed by atoms with E-state index >= 15 is 0 Å². The van der Waals surface area contributed by atoms with Crippen molar-refractivity contribution in [3.05, 3.63) is 35.4 Å². The second-order valence-corrected chi connectivity index (χ2v) is 6.42. The molecule has 0 spiro atoms. The van der Waals surface area contributed by atoms with E-state index in [4.69, 9.17) is 0 Å². The van der Waals surface area contributed by atoms with Gasteiger partial charge in [-0.2, -0.15) is 0 Å². The van der Waals surface area contributed by atoms with Gasteiger partial charge in [-0.15, -0.1) is 0 Å². The van der Waals surface area contributed by atoms with E-state index in [9.17, 15) is 0 Å². The van der Waals surface area contributed by atoms with Crippen molar-refractivity contribution in [2.24, 2.45) is 0 Å². The minimum absolute atomic E-state index is 0.336. The number of hydrogen-bond donors (Lipinski definition) is 1. The van der Waals surface area contributed by atoms with E-state index in [-0.39, 0.29) is 0 Å². The number of hydrogen-bond acceptors (Lipinski definition) is 1. The number of benzene rings is 1. The maximum atomic E-state index is 3.81. The number of nitrogens with one attached hydrogen (secondary N) is 1. The molecule has 0 amide bonds. The molecule has 0 saturated heterocycles. The quantitative estimate of drug-likeness (QED) is 0.819. The lowest BCUT2D eigenvalue weighted by Crippen LogP contribution is -2.36. The standard InChI is InChI=1S/C17H27N/c1-5-8-13(2)18-16-11-12-17(3,4)15-10-7-6-9-14(15)16/h6-7,9-10,13,16,18H,5,8,11-12H2,1-4H3. The Bertz CT molecular complexity index is 394. The minimum Gasteiger partial charge on any atom is -0.307 e. The highest BCUT2D eigenvalue weighted by atomic mass is 14.9. The Balaban J connectivity index is 2.20. The number of rotatable bonds is 4. The Hall–Kier alpha value is -0.820. The lowest BCUT2D eigenvalue weighted by molar-refractivity contribution is 0.332. The van der Waals surface area contributed by atoms with Crippen molar-refractivity contribution in [2.75, 3.05) is 0 Å². The molecule has 0 bridgehead atoms. The van der Waals surface area contributed by atoms with Crippen LogP contribution in [0.5, 0.6) is 0 Å². The van der Waals surface area contributed by atoms with Gasteiger partial charge >= 0.3 is 0 Å². The van der Waals surface area contributed by atoms with Gasteiger partial charge in [0.05, 0.1) is 0 Å². The molecule has 1 nitrogen and oxygen atoms in total. The van der Waals surface area contributed by atoms with Crippen LogP contribution in [-0.2, 0) is 5.41 Å². The largest absolute Gasteiger partial charge is 0.307 e. The molecule has 0 saturated carbocycles. The van der Waals surface area contributed by atoms with E-state index in [0.29, 0.717) is 17.5 Å². The molecule has 2 atom stereocenters. The van der Waals surface area contributed by atoms with E-state index in [1.807, 2.05) is 0 Å². The molecule has 1 aliphatic rings. The van der Waals surface area contributed by atoms with Crippen LogP contribution < -0.4 is 5.32 Å². The third kappa shape index (κ3) is 2.77. The summed E-state index contributed by atoms with van der Waals surface area (Å²) < 4.78 is 0. The first-order valence-electron chi connectivity index (χ1n) is 7.40. The van der Waals surface area contributed by atoms with Crippen molar-refractivity contribution in [3.8, 4) is 0 Å². The third-order valence-electron chi connectivity index (χ3n) is 4.33. The molecule has 18 heavy (non-hydrogen) atoms. The van der Waals surface area contributed by atoms with Gasteiger partial charge in [-0.3, -0.25) is 0 Å². The van der Waals surface area contributed by atoms with Gasteiger partial charge in [0.25, 0.3) is 0 Å². The highest BCUT2D eigenvalue weighted by Gasteiger charge is 2.32. The Morgan fingerprint density at radius 3 is 2.78 bits per heavy atom. The predicted octanol–water partition coefficient (Wildman–Crippen LogP) is 4.58. The van der Waals surface area contributed by atoms with E-state index in [2.05, 4.69) is 57.3 Å². The molecule has 1 N–H and O–H groups in total. The first kappa shape index (κ1) is 13.6. The van der Waals surface area contributed by atoms with Crippen molar-refractivity contribution in [1.82, 2.24) is 5.32 Å². The first-order chi connectivity index (χ1) is 8.54. The Kier molecular flexibility index (Phi) is 4.11. The first-order valence-corrected chi connectivity index (χ1v) is 7.40. The van der Waals surface area contributed by atoms with Gasteiger partial charge in [-0.25, -0.2) is 0 Å². The van der Waals surface area contributed by atoms with Gasteiger partial charge in [0.15, 0.2) is 0 Å². The van der Waals surface area contributed by atoms with Crippen LogP contribution >= 0.6 is 0 Å². The van der Waals surface area contributed by atoms with Gasteiger partial charge in [-0.05, 0) is 42.7 Å². The highest BCUT2D eigenvalue weighted by Crippen LogP contribution is 2.41. The molecule has 0 fully saturated rings. The molecule has 2 unspecified atom stereocenters. The van der Waals surface area contributed by atoms with E-state index in [0.717, 1.165) is 0 Å². The third-order valence-corrected chi connectivity index (χ3v) is 4.33. The molecule has 1 heteroatoms. The van der Waals surface area contributed by atoms with Gasteiger partial charge in [0.2, 0.25) is 0 Å². The summed E-state index contributed by atoms with van der Waals surface area (Å²) in [5.41, 5.74) is 3.40. The molecule has 100 valence electrons. The lowest BCUT2D eigenvalue weighted by atomic mass is 9.71. The molecule has 0 aliphatic heterocycles. The second-order valence-electron chi connectivity index (χ2n) is 6.42. The van der Waals surface area contributed by atoms with Crippen LogP contribution in [-0.4, -0.2) is 6.04 Å². The van der Waals surface area contributed by atoms with Crippen LogP contribution in [0, 0.1) is 0 Å². The van der Waals surface area contributed by atoms with Gasteiger partial charge in [0, 0.05) is 12.1 Å². The van der Waals surface area contributed by atoms with Crippen LogP contribution in [0.2, 0.25) is 0 Å². The maximum absolute atomic E-state index is 3.81.